The van der Waals surface area contributed by atoms with Crippen molar-refractivity contribution in [2.24, 2.45) is 0 Å². The zero-order chi connectivity index (χ0) is 20.1. The van der Waals surface area contributed by atoms with Crippen LogP contribution >= 0.6 is 0 Å². The number of ether oxygens (including phenoxy) is 1. The molecule has 29 heavy (non-hydrogen) atoms. The maximum absolute atomic E-state index is 13.4. The summed E-state index contributed by atoms with van der Waals surface area (Å²) >= 11 is 0. The van der Waals surface area contributed by atoms with Crippen LogP contribution in [0.25, 0.3) is 0 Å². The smallest absolute Gasteiger partial charge is 0.270 e. The van der Waals surface area contributed by atoms with E-state index in [-0.39, 0.29) is 11.7 Å². The summed E-state index contributed by atoms with van der Waals surface area (Å²) in [6.45, 7) is 2.91. The van der Waals surface area contributed by atoms with Gasteiger partial charge in [-0.1, -0.05) is 42.5 Å². The van der Waals surface area contributed by atoms with E-state index in [1.165, 1.54) is 12.1 Å². The van der Waals surface area contributed by atoms with Crippen molar-refractivity contribution in [3.63, 3.8) is 0 Å². The summed E-state index contributed by atoms with van der Waals surface area (Å²) in [4.78, 5) is 19.4. The fourth-order valence-corrected chi connectivity index (χ4v) is 3.43. The molecule has 1 amide bonds. The highest BCUT2D eigenvalue weighted by molar-refractivity contribution is 5.93. The molecule has 1 aliphatic rings. The Labute approximate surface area is 169 Å². The summed E-state index contributed by atoms with van der Waals surface area (Å²) in [6.07, 6.45) is 1.65. The summed E-state index contributed by atoms with van der Waals surface area (Å²) in [5.41, 5.74) is 3.01. The topological polar surface area (TPSA) is 54.5 Å². The molecule has 1 aliphatic heterocycles. The minimum absolute atomic E-state index is 0.279. The van der Waals surface area contributed by atoms with Crippen LogP contribution in [0.15, 0.2) is 72.9 Å². The predicted octanol–water partition coefficient (Wildman–Crippen LogP) is 3.58. The number of anilines is 1. The predicted molar refractivity (Wildman–Crippen MR) is 109 cm³/mol. The summed E-state index contributed by atoms with van der Waals surface area (Å²) in [5, 5.41) is 3.05. The lowest BCUT2D eigenvalue weighted by molar-refractivity contribution is 0.0938. The van der Waals surface area contributed by atoms with Gasteiger partial charge in [0.2, 0.25) is 0 Å². The van der Waals surface area contributed by atoms with Crippen LogP contribution in [0.3, 0.4) is 0 Å². The van der Waals surface area contributed by atoms with Gasteiger partial charge in [-0.3, -0.25) is 9.78 Å². The number of pyridine rings is 1. The molecule has 0 aliphatic carbocycles. The van der Waals surface area contributed by atoms with E-state index in [1.54, 1.807) is 24.4 Å². The molecule has 1 atom stereocenters. The van der Waals surface area contributed by atoms with E-state index >= 15 is 0 Å². The molecule has 0 bridgehead atoms. The highest BCUT2D eigenvalue weighted by Gasteiger charge is 2.20. The highest BCUT2D eigenvalue weighted by atomic mass is 19.1. The second-order valence-electron chi connectivity index (χ2n) is 6.87. The molecular weight excluding hydrogens is 369 g/mol. The van der Waals surface area contributed by atoms with E-state index in [4.69, 9.17) is 4.74 Å². The molecule has 0 saturated carbocycles. The Morgan fingerprint density at radius 3 is 2.41 bits per heavy atom. The lowest BCUT2D eigenvalue weighted by atomic mass is 9.98. The SMILES string of the molecule is O=C(N[C@H](c1ccccc1)c1ccc(F)cc1)c1cc(N2CCOCC2)ccn1. The number of hydrogen-bond acceptors (Lipinski definition) is 4. The van der Waals surface area contributed by atoms with Crippen molar-refractivity contribution in [3.8, 4) is 0 Å². The first-order valence-corrected chi connectivity index (χ1v) is 9.61. The summed E-state index contributed by atoms with van der Waals surface area (Å²) in [7, 11) is 0. The highest BCUT2D eigenvalue weighted by Crippen LogP contribution is 2.23. The number of halogens is 1. The minimum Gasteiger partial charge on any atom is -0.378 e. The molecule has 1 N–H and O–H groups in total. The van der Waals surface area contributed by atoms with Crippen LogP contribution in [-0.4, -0.2) is 37.2 Å². The number of aromatic nitrogens is 1. The molecule has 1 saturated heterocycles. The van der Waals surface area contributed by atoms with Gasteiger partial charge in [-0.05, 0) is 35.4 Å². The third kappa shape index (κ3) is 4.60. The number of carbonyl (C=O) groups is 1. The monoisotopic (exact) mass is 391 g/mol. The number of benzene rings is 2. The number of carbonyl (C=O) groups excluding carboxylic acids is 1. The quantitative estimate of drug-likeness (QED) is 0.722. The molecule has 4 rings (SSSR count). The number of rotatable bonds is 5. The third-order valence-corrected chi connectivity index (χ3v) is 4.96. The fourth-order valence-electron chi connectivity index (χ4n) is 3.43. The van der Waals surface area contributed by atoms with Crippen molar-refractivity contribution in [3.05, 3.63) is 95.6 Å². The van der Waals surface area contributed by atoms with Gasteiger partial charge in [0.1, 0.15) is 11.5 Å². The second-order valence-corrected chi connectivity index (χ2v) is 6.87. The van der Waals surface area contributed by atoms with E-state index in [0.717, 1.165) is 29.9 Å². The molecule has 5 nitrogen and oxygen atoms in total. The Balaban J connectivity index is 1.59. The van der Waals surface area contributed by atoms with Crippen molar-refractivity contribution in [2.75, 3.05) is 31.2 Å². The van der Waals surface area contributed by atoms with Crippen molar-refractivity contribution in [2.45, 2.75) is 6.04 Å². The average Bonchev–Trinajstić information content (AvgIpc) is 2.79. The Morgan fingerprint density at radius 1 is 1.00 bits per heavy atom. The van der Waals surface area contributed by atoms with Crippen LogP contribution in [0, 0.1) is 5.82 Å². The zero-order valence-electron chi connectivity index (χ0n) is 15.9. The van der Waals surface area contributed by atoms with Crippen molar-refractivity contribution >= 4 is 11.6 Å². The van der Waals surface area contributed by atoms with Crippen LogP contribution in [-0.2, 0) is 4.74 Å². The van der Waals surface area contributed by atoms with Crippen molar-refractivity contribution < 1.29 is 13.9 Å². The van der Waals surface area contributed by atoms with E-state index in [9.17, 15) is 9.18 Å². The van der Waals surface area contributed by atoms with Crippen LogP contribution in [0.1, 0.15) is 27.7 Å². The van der Waals surface area contributed by atoms with E-state index < -0.39 is 6.04 Å². The molecule has 0 radical (unpaired) electrons. The van der Waals surface area contributed by atoms with Gasteiger partial charge in [0.15, 0.2) is 0 Å². The first kappa shape index (κ1) is 19.1. The van der Waals surface area contributed by atoms with Gasteiger partial charge < -0.3 is 15.0 Å². The summed E-state index contributed by atoms with van der Waals surface area (Å²) < 4.78 is 18.8. The van der Waals surface area contributed by atoms with Crippen molar-refractivity contribution in [1.82, 2.24) is 10.3 Å². The largest absolute Gasteiger partial charge is 0.378 e. The number of morpholine rings is 1. The summed E-state index contributed by atoms with van der Waals surface area (Å²) in [5.74, 6) is -0.593. The van der Waals surface area contributed by atoms with Crippen molar-refractivity contribution in [1.29, 1.82) is 0 Å². The number of amides is 1. The molecule has 2 aromatic carbocycles. The van der Waals surface area contributed by atoms with Gasteiger partial charge in [-0.2, -0.15) is 0 Å². The molecule has 6 heteroatoms. The summed E-state index contributed by atoms with van der Waals surface area (Å²) in [6, 6.07) is 19.1. The van der Waals surface area contributed by atoms with Crippen LogP contribution in [0.5, 0.6) is 0 Å². The maximum atomic E-state index is 13.4. The van der Waals surface area contributed by atoms with Gasteiger partial charge in [0.05, 0.1) is 19.3 Å². The van der Waals surface area contributed by atoms with Gasteiger partial charge in [-0.15, -0.1) is 0 Å². The number of nitrogens with zero attached hydrogens (tertiary/aromatic N) is 2. The lowest BCUT2D eigenvalue weighted by Crippen LogP contribution is -2.36. The molecule has 0 spiro atoms. The standard InChI is InChI=1S/C23H22FN3O2/c24-19-8-6-18(7-9-19)22(17-4-2-1-3-5-17)26-23(28)21-16-20(10-11-25-21)27-12-14-29-15-13-27/h1-11,16,22H,12-15H2,(H,26,28)/t22-/m1/s1. The lowest BCUT2D eigenvalue weighted by Gasteiger charge is -2.29. The molecule has 0 unspecified atom stereocenters. The van der Waals surface area contributed by atoms with Gasteiger partial charge >= 0.3 is 0 Å². The van der Waals surface area contributed by atoms with Gasteiger partial charge in [0, 0.05) is 25.0 Å². The maximum Gasteiger partial charge on any atom is 0.270 e. The number of nitrogens with one attached hydrogen (secondary N) is 1. The molecule has 2 heterocycles. The van der Waals surface area contributed by atoms with Crippen LogP contribution < -0.4 is 10.2 Å². The molecule has 3 aromatic rings. The molecular formula is C23H22FN3O2. The Kier molecular flexibility index (Phi) is 5.81. The van der Waals surface area contributed by atoms with Gasteiger partial charge in [-0.25, -0.2) is 4.39 Å². The number of hydrogen-bond donors (Lipinski definition) is 1. The van der Waals surface area contributed by atoms with E-state index in [1.807, 2.05) is 36.4 Å². The Bertz CT molecular complexity index is 957. The normalized spacial score (nSPS) is 15.0. The third-order valence-electron chi connectivity index (χ3n) is 4.96. The zero-order valence-corrected chi connectivity index (χ0v) is 15.9. The second kappa shape index (κ2) is 8.84. The minimum atomic E-state index is -0.404. The molecule has 1 fully saturated rings. The molecule has 1 aromatic heterocycles. The fraction of sp³-hybridized carbons (Fsp3) is 0.217. The Hall–Kier alpha value is -3.25. The first-order chi connectivity index (χ1) is 14.2. The van der Waals surface area contributed by atoms with E-state index in [2.05, 4.69) is 15.2 Å². The Morgan fingerprint density at radius 2 is 1.69 bits per heavy atom. The molecule has 148 valence electrons. The van der Waals surface area contributed by atoms with Crippen LogP contribution in [0.4, 0.5) is 10.1 Å². The average molecular weight is 391 g/mol. The van der Waals surface area contributed by atoms with E-state index in [0.29, 0.717) is 18.9 Å². The van der Waals surface area contributed by atoms with Gasteiger partial charge in [0.25, 0.3) is 5.91 Å². The van der Waals surface area contributed by atoms with Crippen LogP contribution in [0.2, 0.25) is 0 Å². The first-order valence-electron chi connectivity index (χ1n) is 9.61.